The molecule has 0 saturated heterocycles. The van der Waals surface area contributed by atoms with E-state index in [2.05, 4.69) is 33.0 Å². The first kappa shape index (κ1) is 17.5. The second-order valence-electron chi connectivity index (χ2n) is 4.93. The standard InChI is InChI=1S/C18H14BrNO2SSe/c1-22-18(21)15-4-2-3-5-16(15)23-10-14-11-24-17(20-14)12-6-8-13(19)9-7-12/h2-9,11H,10H2,1H3. The molecule has 0 spiro atoms. The van der Waals surface area contributed by atoms with Gasteiger partial charge >= 0.3 is 160 Å². The number of carbonyl (C=O) groups excluding carboxylic acids is 1. The molecule has 0 aliphatic rings. The molecular weight excluding hydrogens is 453 g/mol. The third-order valence-electron chi connectivity index (χ3n) is 3.31. The molecule has 0 unspecified atom stereocenters. The van der Waals surface area contributed by atoms with Crippen molar-refractivity contribution in [3.8, 4) is 10.1 Å². The Morgan fingerprint density at radius 1 is 1.21 bits per heavy atom. The van der Waals surface area contributed by atoms with Crippen molar-refractivity contribution < 1.29 is 9.53 Å². The molecule has 1 heterocycles. The number of rotatable bonds is 5. The Morgan fingerprint density at radius 2 is 1.96 bits per heavy atom. The molecule has 1 aromatic heterocycles. The van der Waals surface area contributed by atoms with E-state index in [1.54, 1.807) is 17.8 Å². The van der Waals surface area contributed by atoms with Crippen molar-refractivity contribution in [2.24, 2.45) is 0 Å². The molecule has 3 aromatic rings. The molecule has 0 radical (unpaired) electrons. The molecule has 3 nitrogen and oxygen atoms in total. The topological polar surface area (TPSA) is 39.2 Å². The van der Waals surface area contributed by atoms with E-state index in [9.17, 15) is 4.79 Å². The van der Waals surface area contributed by atoms with Gasteiger partial charge in [0, 0.05) is 0 Å². The molecule has 6 heteroatoms. The Labute approximate surface area is 159 Å². The number of nitrogens with zero attached hydrogens (tertiary/aromatic N) is 1. The number of esters is 1. The zero-order valence-corrected chi connectivity index (χ0v) is 17.0. The summed E-state index contributed by atoms with van der Waals surface area (Å²) in [4.78, 5) is 19.7. The van der Waals surface area contributed by atoms with E-state index >= 15 is 0 Å². The number of thioether (sulfide) groups is 1. The van der Waals surface area contributed by atoms with E-state index in [4.69, 9.17) is 9.72 Å². The SMILES string of the molecule is COC(=O)c1ccccc1SCc1c[se]c(-c2ccc(Br)cc2)n1. The minimum absolute atomic E-state index is 0.256. The van der Waals surface area contributed by atoms with Crippen molar-refractivity contribution >= 4 is 48.2 Å². The van der Waals surface area contributed by atoms with Crippen molar-refractivity contribution in [3.05, 3.63) is 69.2 Å². The normalized spacial score (nSPS) is 10.6. The van der Waals surface area contributed by atoms with Crippen LogP contribution >= 0.6 is 27.7 Å². The summed E-state index contributed by atoms with van der Waals surface area (Å²) in [7, 11) is 1.40. The number of methoxy groups -OCH3 is 1. The Hall–Kier alpha value is -1.33. The van der Waals surface area contributed by atoms with Gasteiger partial charge in [-0.15, -0.1) is 0 Å². The van der Waals surface area contributed by atoms with Crippen molar-refractivity contribution in [3.63, 3.8) is 0 Å². The van der Waals surface area contributed by atoms with Crippen LogP contribution in [0, 0.1) is 0 Å². The fraction of sp³-hybridized carbons (Fsp3) is 0.111. The Kier molecular flexibility index (Phi) is 5.95. The molecule has 0 fully saturated rings. The van der Waals surface area contributed by atoms with Gasteiger partial charge in [0.1, 0.15) is 0 Å². The molecule has 0 amide bonds. The molecule has 0 N–H and O–H groups in total. The van der Waals surface area contributed by atoms with Gasteiger partial charge in [-0.2, -0.15) is 0 Å². The molecule has 0 aliphatic heterocycles. The van der Waals surface area contributed by atoms with Crippen molar-refractivity contribution in [1.82, 2.24) is 4.98 Å². The van der Waals surface area contributed by atoms with Crippen LogP contribution < -0.4 is 0 Å². The number of carbonyl (C=O) groups is 1. The van der Waals surface area contributed by atoms with E-state index < -0.39 is 0 Å². The molecule has 0 saturated carbocycles. The van der Waals surface area contributed by atoms with Crippen LogP contribution in [0.4, 0.5) is 0 Å². The van der Waals surface area contributed by atoms with Crippen LogP contribution in [0.15, 0.2) is 62.8 Å². The average molecular weight is 467 g/mol. The summed E-state index contributed by atoms with van der Waals surface area (Å²) in [5.41, 5.74) is 2.84. The van der Waals surface area contributed by atoms with Crippen LogP contribution in [-0.2, 0) is 10.5 Å². The Bertz CT molecular complexity index is 848. The number of aromatic nitrogens is 1. The summed E-state index contributed by atoms with van der Waals surface area (Å²) in [5, 5.41) is 0. The Morgan fingerprint density at radius 3 is 2.71 bits per heavy atom. The summed E-state index contributed by atoms with van der Waals surface area (Å²) >= 11 is 5.32. The second kappa shape index (κ2) is 8.17. The number of hydrogen-bond donors (Lipinski definition) is 0. The first-order valence-corrected chi connectivity index (χ1v) is 10.8. The molecule has 0 bridgehead atoms. The van der Waals surface area contributed by atoms with Gasteiger partial charge in [0.05, 0.1) is 0 Å². The molecule has 0 atom stereocenters. The van der Waals surface area contributed by atoms with Gasteiger partial charge in [0.25, 0.3) is 0 Å². The number of benzene rings is 2. The predicted octanol–water partition coefficient (Wildman–Crippen LogP) is 4.65. The molecule has 3 rings (SSSR count). The molecular formula is C18H14BrNO2SSe. The fourth-order valence-corrected chi connectivity index (χ4v) is 5.29. The van der Waals surface area contributed by atoms with Crippen LogP contribution in [0.1, 0.15) is 16.1 Å². The van der Waals surface area contributed by atoms with Gasteiger partial charge in [0.2, 0.25) is 0 Å². The maximum absolute atomic E-state index is 11.8. The molecule has 2 aromatic carbocycles. The van der Waals surface area contributed by atoms with Gasteiger partial charge in [-0.05, 0) is 0 Å². The van der Waals surface area contributed by atoms with Crippen LogP contribution in [0.25, 0.3) is 10.1 Å². The van der Waals surface area contributed by atoms with Crippen LogP contribution in [-0.4, -0.2) is 32.6 Å². The summed E-state index contributed by atoms with van der Waals surface area (Å²) in [5.74, 6) is 0.442. The zero-order valence-electron chi connectivity index (χ0n) is 12.9. The predicted molar refractivity (Wildman–Crippen MR) is 102 cm³/mol. The van der Waals surface area contributed by atoms with E-state index in [0.29, 0.717) is 5.56 Å². The maximum atomic E-state index is 11.8. The fourth-order valence-electron chi connectivity index (χ4n) is 2.12. The second-order valence-corrected chi connectivity index (χ2v) is 8.66. The molecule has 0 aliphatic carbocycles. The Balaban J connectivity index is 1.72. The van der Waals surface area contributed by atoms with Crippen molar-refractivity contribution in [2.45, 2.75) is 10.6 Å². The van der Waals surface area contributed by atoms with E-state index in [-0.39, 0.29) is 20.5 Å². The number of hydrogen-bond acceptors (Lipinski definition) is 4. The number of halogens is 1. The third kappa shape index (κ3) is 4.19. The zero-order chi connectivity index (χ0) is 16.9. The van der Waals surface area contributed by atoms with Gasteiger partial charge in [-0.3, -0.25) is 0 Å². The van der Waals surface area contributed by atoms with Gasteiger partial charge in [-0.1, -0.05) is 0 Å². The third-order valence-corrected chi connectivity index (χ3v) is 6.92. The molecule has 24 heavy (non-hydrogen) atoms. The van der Waals surface area contributed by atoms with Gasteiger partial charge in [0.15, 0.2) is 0 Å². The quantitative estimate of drug-likeness (QED) is 0.311. The summed E-state index contributed by atoms with van der Waals surface area (Å²) in [6.07, 6.45) is 0. The van der Waals surface area contributed by atoms with E-state index in [1.807, 2.05) is 30.3 Å². The van der Waals surface area contributed by atoms with Crippen molar-refractivity contribution in [1.29, 1.82) is 0 Å². The van der Waals surface area contributed by atoms with E-state index in [1.165, 1.54) is 12.7 Å². The summed E-state index contributed by atoms with van der Waals surface area (Å²) in [6, 6.07) is 15.7. The van der Waals surface area contributed by atoms with Crippen LogP contribution in [0.3, 0.4) is 0 Å². The van der Waals surface area contributed by atoms with E-state index in [0.717, 1.165) is 25.4 Å². The first-order chi connectivity index (χ1) is 11.7. The van der Waals surface area contributed by atoms with Gasteiger partial charge in [-0.25, -0.2) is 0 Å². The number of ether oxygens (including phenoxy) is 1. The minimum atomic E-state index is -0.304. The van der Waals surface area contributed by atoms with Crippen LogP contribution in [0.5, 0.6) is 0 Å². The van der Waals surface area contributed by atoms with Gasteiger partial charge < -0.3 is 0 Å². The summed E-state index contributed by atoms with van der Waals surface area (Å²) in [6.45, 7) is 0. The molecule has 122 valence electrons. The summed E-state index contributed by atoms with van der Waals surface area (Å²) < 4.78 is 7.05. The first-order valence-electron chi connectivity index (χ1n) is 7.18. The monoisotopic (exact) mass is 467 g/mol. The average Bonchev–Trinajstić information content (AvgIpc) is 3.09. The van der Waals surface area contributed by atoms with Crippen LogP contribution in [0.2, 0.25) is 0 Å². The van der Waals surface area contributed by atoms with Crippen molar-refractivity contribution in [2.75, 3.05) is 7.11 Å².